The highest BCUT2D eigenvalue weighted by molar-refractivity contribution is 6.30. The Labute approximate surface area is 162 Å². The maximum atomic E-state index is 12.1. The molecule has 0 heterocycles. The number of benzene rings is 3. The molecular weight excluding hydrogens is 362 g/mol. The first-order valence-corrected chi connectivity index (χ1v) is 8.85. The molecular formula is C21H18ClN3O2. The second kappa shape index (κ2) is 8.96. The number of carbonyl (C=O) groups excluding carboxylic acids is 2. The van der Waals surface area contributed by atoms with Gasteiger partial charge in [-0.3, -0.25) is 9.59 Å². The first-order valence-electron chi connectivity index (χ1n) is 8.47. The number of hydrogen-bond donors (Lipinski definition) is 2. The predicted octanol–water partition coefficient (Wildman–Crippen LogP) is 4.36. The number of rotatable bonds is 6. The molecule has 0 spiro atoms. The lowest BCUT2D eigenvalue weighted by Gasteiger charge is -2.08. The Morgan fingerprint density at radius 1 is 0.889 bits per heavy atom. The van der Waals surface area contributed by atoms with Gasteiger partial charge < -0.3 is 5.32 Å². The minimum Gasteiger partial charge on any atom is -0.326 e. The van der Waals surface area contributed by atoms with Crippen molar-refractivity contribution in [2.75, 3.05) is 5.32 Å². The first-order chi connectivity index (χ1) is 13.1. The quantitative estimate of drug-likeness (QED) is 0.493. The molecule has 0 aliphatic carbocycles. The molecule has 0 bridgehead atoms. The Morgan fingerprint density at radius 2 is 1.59 bits per heavy atom. The van der Waals surface area contributed by atoms with Gasteiger partial charge in [-0.2, -0.15) is 5.10 Å². The average Bonchev–Trinajstić information content (AvgIpc) is 2.68. The fourth-order valence-corrected chi connectivity index (χ4v) is 2.68. The standard InChI is InChI=1S/C21H18ClN3O2/c22-17-10-8-15(9-11-17)14-23-25-21(27)13-12-20(26)24-19-7-3-5-16-4-1-2-6-18(16)19/h1-11,14H,12-13H2,(H,24,26)(H,25,27)/b23-14+. The summed E-state index contributed by atoms with van der Waals surface area (Å²) < 4.78 is 0. The summed E-state index contributed by atoms with van der Waals surface area (Å²) in [6, 6.07) is 20.6. The van der Waals surface area contributed by atoms with Crippen molar-refractivity contribution in [2.24, 2.45) is 5.10 Å². The Morgan fingerprint density at radius 3 is 2.41 bits per heavy atom. The van der Waals surface area contributed by atoms with E-state index in [-0.39, 0.29) is 24.7 Å². The fourth-order valence-electron chi connectivity index (χ4n) is 2.56. The van der Waals surface area contributed by atoms with Crippen molar-refractivity contribution in [1.82, 2.24) is 5.43 Å². The van der Waals surface area contributed by atoms with Gasteiger partial charge >= 0.3 is 0 Å². The van der Waals surface area contributed by atoms with Crippen LogP contribution in [0.25, 0.3) is 10.8 Å². The van der Waals surface area contributed by atoms with E-state index >= 15 is 0 Å². The Bertz CT molecular complexity index is 979. The summed E-state index contributed by atoms with van der Waals surface area (Å²) in [5, 5.41) is 9.37. The Balaban J connectivity index is 1.48. The van der Waals surface area contributed by atoms with E-state index in [2.05, 4.69) is 15.8 Å². The van der Waals surface area contributed by atoms with Gasteiger partial charge in [0.15, 0.2) is 0 Å². The number of fused-ring (bicyclic) bond motifs is 1. The SMILES string of the molecule is O=C(CCC(=O)Nc1cccc2ccccc12)N/N=C/c1ccc(Cl)cc1. The summed E-state index contributed by atoms with van der Waals surface area (Å²) in [6.07, 6.45) is 1.64. The molecule has 27 heavy (non-hydrogen) atoms. The molecule has 3 aromatic rings. The first kappa shape index (κ1) is 18.6. The molecule has 0 aliphatic rings. The zero-order valence-corrected chi connectivity index (χ0v) is 15.2. The van der Waals surface area contributed by atoms with Gasteiger partial charge in [-0.05, 0) is 29.1 Å². The van der Waals surface area contributed by atoms with Crippen molar-refractivity contribution in [3.05, 3.63) is 77.3 Å². The molecule has 3 rings (SSSR count). The van der Waals surface area contributed by atoms with Gasteiger partial charge in [-0.15, -0.1) is 0 Å². The number of carbonyl (C=O) groups is 2. The smallest absolute Gasteiger partial charge is 0.240 e. The van der Waals surface area contributed by atoms with Gasteiger partial charge in [0.05, 0.1) is 6.21 Å². The monoisotopic (exact) mass is 379 g/mol. The van der Waals surface area contributed by atoms with Crippen LogP contribution in [-0.4, -0.2) is 18.0 Å². The number of hydrogen-bond acceptors (Lipinski definition) is 3. The van der Waals surface area contributed by atoms with E-state index in [1.165, 1.54) is 6.21 Å². The number of nitrogens with zero attached hydrogens (tertiary/aromatic N) is 1. The highest BCUT2D eigenvalue weighted by atomic mass is 35.5. The van der Waals surface area contributed by atoms with E-state index in [0.29, 0.717) is 5.02 Å². The molecule has 3 aromatic carbocycles. The maximum absolute atomic E-state index is 12.1. The van der Waals surface area contributed by atoms with E-state index in [1.54, 1.807) is 24.3 Å². The molecule has 0 fully saturated rings. The van der Waals surface area contributed by atoms with Crippen molar-refractivity contribution in [3.8, 4) is 0 Å². The summed E-state index contributed by atoms with van der Waals surface area (Å²) >= 11 is 5.81. The highest BCUT2D eigenvalue weighted by Gasteiger charge is 2.08. The molecule has 5 nitrogen and oxygen atoms in total. The van der Waals surface area contributed by atoms with Gasteiger partial charge in [-0.1, -0.05) is 60.1 Å². The van der Waals surface area contributed by atoms with Crippen LogP contribution >= 0.6 is 11.6 Å². The van der Waals surface area contributed by atoms with Gasteiger partial charge in [0.2, 0.25) is 11.8 Å². The molecule has 136 valence electrons. The van der Waals surface area contributed by atoms with Crippen LogP contribution in [0.1, 0.15) is 18.4 Å². The zero-order chi connectivity index (χ0) is 19.1. The number of nitrogens with one attached hydrogen (secondary N) is 2. The largest absolute Gasteiger partial charge is 0.326 e. The summed E-state index contributed by atoms with van der Waals surface area (Å²) in [5.74, 6) is -0.545. The van der Waals surface area contributed by atoms with E-state index < -0.39 is 0 Å². The lowest BCUT2D eigenvalue weighted by atomic mass is 10.1. The van der Waals surface area contributed by atoms with Crippen LogP contribution in [0.4, 0.5) is 5.69 Å². The third-order valence-electron chi connectivity index (χ3n) is 3.92. The topological polar surface area (TPSA) is 70.6 Å². The van der Waals surface area contributed by atoms with Crippen molar-refractivity contribution >= 4 is 46.1 Å². The van der Waals surface area contributed by atoms with Gasteiger partial charge in [-0.25, -0.2) is 5.43 Å². The van der Waals surface area contributed by atoms with E-state index in [4.69, 9.17) is 11.6 Å². The van der Waals surface area contributed by atoms with Crippen LogP contribution in [0, 0.1) is 0 Å². The normalized spacial score (nSPS) is 10.9. The van der Waals surface area contributed by atoms with Gasteiger partial charge in [0, 0.05) is 28.9 Å². The third kappa shape index (κ3) is 5.39. The summed E-state index contributed by atoms with van der Waals surface area (Å²) in [5.41, 5.74) is 3.96. The summed E-state index contributed by atoms with van der Waals surface area (Å²) in [4.78, 5) is 24.0. The lowest BCUT2D eigenvalue weighted by molar-refractivity contribution is -0.124. The van der Waals surface area contributed by atoms with E-state index in [0.717, 1.165) is 22.0 Å². The molecule has 0 radical (unpaired) electrons. The number of anilines is 1. The minimum atomic E-state index is -0.326. The summed E-state index contributed by atoms with van der Waals surface area (Å²) in [7, 11) is 0. The van der Waals surface area contributed by atoms with Crippen molar-refractivity contribution in [3.63, 3.8) is 0 Å². The van der Waals surface area contributed by atoms with E-state index in [1.807, 2.05) is 42.5 Å². The van der Waals surface area contributed by atoms with Crippen LogP contribution in [0.15, 0.2) is 71.8 Å². The molecule has 0 aromatic heterocycles. The number of amides is 2. The van der Waals surface area contributed by atoms with Crippen LogP contribution < -0.4 is 10.7 Å². The Hall–Kier alpha value is -3.18. The second-order valence-electron chi connectivity index (χ2n) is 5.92. The molecule has 0 saturated heterocycles. The molecule has 2 amide bonds. The Kier molecular flexibility index (Phi) is 6.18. The molecule has 0 unspecified atom stereocenters. The molecule has 2 N–H and O–H groups in total. The zero-order valence-electron chi connectivity index (χ0n) is 14.5. The number of hydrazone groups is 1. The van der Waals surface area contributed by atoms with Crippen molar-refractivity contribution < 1.29 is 9.59 Å². The van der Waals surface area contributed by atoms with Crippen LogP contribution in [-0.2, 0) is 9.59 Å². The highest BCUT2D eigenvalue weighted by Crippen LogP contribution is 2.23. The molecule has 0 saturated carbocycles. The average molecular weight is 380 g/mol. The number of halogens is 1. The van der Waals surface area contributed by atoms with Gasteiger partial charge in [0.25, 0.3) is 0 Å². The predicted molar refractivity (Wildman–Crippen MR) is 109 cm³/mol. The molecule has 0 atom stereocenters. The second-order valence-corrected chi connectivity index (χ2v) is 6.36. The van der Waals surface area contributed by atoms with Crippen LogP contribution in [0.3, 0.4) is 0 Å². The molecule has 0 aliphatic heterocycles. The lowest BCUT2D eigenvalue weighted by Crippen LogP contribution is -2.20. The maximum Gasteiger partial charge on any atom is 0.240 e. The fraction of sp³-hybridized carbons (Fsp3) is 0.0952. The van der Waals surface area contributed by atoms with Gasteiger partial charge in [0.1, 0.15) is 0 Å². The minimum absolute atomic E-state index is 0.0502. The van der Waals surface area contributed by atoms with Crippen LogP contribution in [0.5, 0.6) is 0 Å². The molecule has 6 heteroatoms. The van der Waals surface area contributed by atoms with Crippen molar-refractivity contribution in [1.29, 1.82) is 0 Å². The van der Waals surface area contributed by atoms with E-state index in [9.17, 15) is 9.59 Å². The third-order valence-corrected chi connectivity index (χ3v) is 4.17. The summed E-state index contributed by atoms with van der Waals surface area (Å²) in [6.45, 7) is 0. The van der Waals surface area contributed by atoms with Crippen molar-refractivity contribution in [2.45, 2.75) is 12.8 Å². The van der Waals surface area contributed by atoms with Crippen LogP contribution in [0.2, 0.25) is 5.02 Å².